The number of aromatic nitrogens is 2. The van der Waals surface area contributed by atoms with Crippen LogP contribution in [0.4, 0.5) is 5.82 Å². The molecule has 0 bridgehead atoms. The zero-order valence-corrected chi connectivity index (χ0v) is 15.0. The summed E-state index contributed by atoms with van der Waals surface area (Å²) in [6.07, 6.45) is 6.75. The van der Waals surface area contributed by atoms with Gasteiger partial charge in [-0.1, -0.05) is 30.3 Å². The highest BCUT2D eigenvalue weighted by atomic mass is 16.1. The van der Waals surface area contributed by atoms with Gasteiger partial charge in [0.2, 0.25) is 0 Å². The zero-order chi connectivity index (χ0) is 17.6. The average molecular weight is 338 g/mol. The molecule has 1 fully saturated rings. The van der Waals surface area contributed by atoms with Crippen molar-refractivity contribution in [2.45, 2.75) is 39.2 Å². The molecule has 0 saturated carbocycles. The fraction of sp³-hybridized carbons (Fsp3) is 0.450. The number of benzene rings is 1. The van der Waals surface area contributed by atoms with Crippen molar-refractivity contribution >= 4 is 11.7 Å². The Balaban J connectivity index is 1.53. The van der Waals surface area contributed by atoms with Crippen LogP contribution in [0.5, 0.6) is 0 Å². The van der Waals surface area contributed by atoms with Gasteiger partial charge in [-0.3, -0.25) is 4.79 Å². The number of amides is 1. The van der Waals surface area contributed by atoms with Gasteiger partial charge >= 0.3 is 0 Å². The molecule has 1 saturated heterocycles. The Labute approximate surface area is 149 Å². The lowest BCUT2D eigenvalue weighted by atomic mass is 9.90. The Kier molecular flexibility index (Phi) is 5.64. The molecule has 1 aromatic heterocycles. The molecule has 3 rings (SSSR count). The van der Waals surface area contributed by atoms with E-state index in [0.717, 1.165) is 44.1 Å². The number of carbonyl (C=O) groups excluding carboxylic acids is 1. The Hall–Kier alpha value is -2.43. The van der Waals surface area contributed by atoms with E-state index in [-0.39, 0.29) is 11.9 Å². The summed E-state index contributed by atoms with van der Waals surface area (Å²) in [5.41, 5.74) is 1.79. The van der Waals surface area contributed by atoms with Gasteiger partial charge in [-0.25, -0.2) is 9.97 Å². The number of piperidine rings is 1. The second-order valence-electron chi connectivity index (χ2n) is 7.01. The maximum atomic E-state index is 11.9. The van der Waals surface area contributed by atoms with E-state index in [9.17, 15) is 4.79 Å². The topological polar surface area (TPSA) is 58.1 Å². The molecule has 0 radical (unpaired) electrons. The molecule has 5 nitrogen and oxygen atoms in total. The highest BCUT2D eigenvalue weighted by Crippen LogP contribution is 2.24. The van der Waals surface area contributed by atoms with Crippen LogP contribution in [-0.2, 0) is 6.42 Å². The Morgan fingerprint density at radius 3 is 2.48 bits per heavy atom. The second kappa shape index (κ2) is 8.10. The van der Waals surface area contributed by atoms with Gasteiger partial charge in [0.15, 0.2) is 0 Å². The van der Waals surface area contributed by atoms with Gasteiger partial charge in [-0.15, -0.1) is 0 Å². The maximum Gasteiger partial charge on any atom is 0.271 e. The quantitative estimate of drug-likeness (QED) is 0.910. The highest BCUT2D eigenvalue weighted by Gasteiger charge is 2.21. The molecule has 0 spiro atoms. The van der Waals surface area contributed by atoms with Crippen LogP contribution in [-0.4, -0.2) is 35.0 Å². The van der Waals surface area contributed by atoms with E-state index in [2.05, 4.69) is 50.5 Å². The number of hydrogen-bond acceptors (Lipinski definition) is 4. The minimum Gasteiger partial charge on any atom is -0.355 e. The fourth-order valence-corrected chi connectivity index (χ4v) is 3.25. The van der Waals surface area contributed by atoms with Crippen molar-refractivity contribution in [2.24, 2.45) is 5.92 Å². The number of hydrogen-bond donors (Lipinski definition) is 1. The van der Waals surface area contributed by atoms with Crippen molar-refractivity contribution in [2.75, 3.05) is 18.0 Å². The number of rotatable bonds is 5. The van der Waals surface area contributed by atoms with E-state index in [1.54, 1.807) is 12.4 Å². The van der Waals surface area contributed by atoms with E-state index in [1.807, 2.05) is 13.8 Å². The molecule has 0 unspecified atom stereocenters. The molecule has 132 valence electrons. The van der Waals surface area contributed by atoms with Crippen LogP contribution in [0.15, 0.2) is 42.7 Å². The Morgan fingerprint density at radius 1 is 1.16 bits per heavy atom. The summed E-state index contributed by atoms with van der Waals surface area (Å²) < 4.78 is 0. The standard InChI is InChI=1S/C20H26N4O/c1-15(2)23-20(25)18-13-22-19(14-21-18)24-10-8-17(9-11-24)12-16-6-4-3-5-7-16/h3-7,13-15,17H,8-12H2,1-2H3,(H,23,25). The lowest BCUT2D eigenvalue weighted by Crippen LogP contribution is -2.35. The summed E-state index contributed by atoms with van der Waals surface area (Å²) >= 11 is 0. The van der Waals surface area contributed by atoms with Crippen LogP contribution in [0.1, 0.15) is 42.7 Å². The van der Waals surface area contributed by atoms with Crippen molar-refractivity contribution in [3.63, 3.8) is 0 Å². The first-order chi connectivity index (χ1) is 12.1. The van der Waals surface area contributed by atoms with Crippen molar-refractivity contribution in [3.8, 4) is 0 Å². The molecule has 1 aromatic carbocycles. The van der Waals surface area contributed by atoms with E-state index >= 15 is 0 Å². The third-order valence-electron chi connectivity index (χ3n) is 4.60. The minimum atomic E-state index is -0.171. The largest absolute Gasteiger partial charge is 0.355 e. The first kappa shape index (κ1) is 17.4. The van der Waals surface area contributed by atoms with Crippen molar-refractivity contribution in [1.29, 1.82) is 0 Å². The predicted octanol–water partition coefficient (Wildman–Crippen LogP) is 3.07. The summed E-state index contributed by atoms with van der Waals surface area (Å²) in [6, 6.07) is 10.8. The highest BCUT2D eigenvalue weighted by molar-refractivity contribution is 5.92. The van der Waals surface area contributed by atoms with Gasteiger partial charge in [-0.2, -0.15) is 0 Å². The van der Waals surface area contributed by atoms with E-state index in [0.29, 0.717) is 5.69 Å². The molecule has 0 atom stereocenters. The molecule has 1 N–H and O–H groups in total. The van der Waals surface area contributed by atoms with Crippen molar-refractivity contribution < 1.29 is 4.79 Å². The van der Waals surface area contributed by atoms with Crippen LogP contribution in [0, 0.1) is 5.92 Å². The number of anilines is 1. The van der Waals surface area contributed by atoms with Gasteiger partial charge in [0.25, 0.3) is 5.91 Å². The molecule has 2 heterocycles. The van der Waals surface area contributed by atoms with Crippen LogP contribution >= 0.6 is 0 Å². The van der Waals surface area contributed by atoms with Crippen LogP contribution in [0.3, 0.4) is 0 Å². The summed E-state index contributed by atoms with van der Waals surface area (Å²) in [6.45, 7) is 5.84. The molecule has 0 aliphatic carbocycles. The summed E-state index contributed by atoms with van der Waals surface area (Å²) in [4.78, 5) is 22.9. The van der Waals surface area contributed by atoms with E-state index in [1.165, 1.54) is 5.56 Å². The van der Waals surface area contributed by atoms with Crippen LogP contribution in [0.25, 0.3) is 0 Å². The SMILES string of the molecule is CC(C)NC(=O)c1cnc(N2CCC(Cc3ccccc3)CC2)cn1. The number of nitrogens with zero attached hydrogens (tertiary/aromatic N) is 3. The third-order valence-corrected chi connectivity index (χ3v) is 4.60. The number of carbonyl (C=O) groups is 1. The molecule has 1 aliphatic rings. The third kappa shape index (κ3) is 4.78. The van der Waals surface area contributed by atoms with E-state index < -0.39 is 0 Å². The van der Waals surface area contributed by atoms with E-state index in [4.69, 9.17) is 0 Å². The Bertz CT molecular complexity index is 677. The minimum absolute atomic E-state index is 0.0950. The molecule has 2 aromatic rings. The number of nitrogens with one attached hydrogen (secondary N) is 1. The van der Waals surface area contributed by atoms with Gasteiger partial charge < -0.3 is 10.2 Å². The predicted molar refractivity (Wildman–Crippen MR) is 99.7 cm³/mol. The lowest BCUT2D eigenvalue weighted by Gasteiger charge is -2.32. The molecule has 25 heavy (non-hydrogen) atoms. The maximum absolute atomic E-state index is 11.9. The van der Waals surface area contributed by atoms with Crippen molar-refractivity contribution in [1.82, 2.24) is 15.3 Å². The van der Waals surface area contributed by atoms with Crippen LogP contribution < -0.4 is 10.2 Å². The first-order valence-electron chi connectivity index (χ1n) is 9.03. The normalized spacial score (nSPS) is 15.4. The molecule has 1 aliphatic heterocycles. The van der Waals surface area contributed by atoms with Gasteiger partial charge in [-0.05, 0) is 44.6 Å². The fourth-order valence-electron chi connectivity index (χ4n) is 3.25. The first-order valence-corrected chi connectivity index (χ1v) is 9.03. The second-order valence-corrected chi connectivity index (χ2v) is 7.01. The zero-order valence-electron chi connectivity index (χ0n) is 15.0. The molecular weight excluding hydrogens is 312 g/mol. The summed E-state index contributed by atoms with van der Waals surface area (Å²) in [7, 11) is 0. The molecule has 5 heteroatoms. The van der Waals surface area contributed by atoms with Crippen molar-refractivity contribution in [3.05, 3.63) is 54.0 Å². The average Bonchev–Trinajstić information content (AvgIpc) is 2.63. The lowest BCUT2D eigenvalue weighted by molar-refractivity contribution is 0.0937. The summed E-state index contributed by atoms with van der Waals surface area (Å²) in [5, 5.41) is 2.83. The molecule has 1 amide bonds. The Morgan fingerprint density at radius 2 is 1.88 bits per heavy atom. The van der Waals surface area contributed by atoms with Gasteiger partial charge in [0.05, 0.1) is 12.4 Å². The molecular formula is C20H26N4O. The van der Waals surface area contributed by atoms with Crippen LogP contribution in [0.2, 0.25) is 0 Å². The van der Waals surface area contributed by atoms with Gasteiger partial charge in [0, 0.05) is 19.1 Å². The smallest absolute Gasteiger partial charge is 0.271 e. The van der Waals surface area contributed by atoms with Gasteiger partial charge in [0.1, 0.15) is 11.5 Å². The summed E-state index contributed by atoms with van der Waals surface area (Å²) in [5.74, 6) is 1.41. The monoisotopic (exact) mass is 338 g/mol.